The Balaban J connectivity index is 0.000000236. The van der Waals surface area contributed by atoms with Gasteiger partial charge >= 0.3 is 5.97 Å². The van der Waals surface area contributed by atoms with Crippen molar-refractivity contribution in [1.29, 1.82) is 0 Å². The summed E-state index contributed by atoms with van der Waals surface area (Å²) in [6.07, 6.45) is 2.08. The van der Waals surface area contributed by atoms with E-state index >= 15 is 0 Å². The number of carbonyl (C=O) groups excluding carboxylic acids is 1. The summed E-state index contributed by atoms with van der Waals surface area (Å²) in [6, 6.07) is 15.0. The van der Waals surface area contributed by atoms with Gasteiger partial charge in [-0.2, -0.15) is 0 Å². The fourth-order valence-electron chi connectivity index (χ4n) is 2.28. The number of ketones is 1. The first-order valence-electron chi connectivity index (χ1n) is 7.69. The summed E-state index contributed by atoms with van der Waals surface area (Å²) < 4.78 is 5.62. The van der Waals surface area contributed by atoms with Gasteiger partial charge in [-0.3, -0.25) is 9.59 Å². The molecule has 0 unspecified atom stereocenters. The van der Waals surface area contributed by atoms with E-state index in [0.717, 1.165) is 24.0 Å². The predicted octanol–water partition coefficient (Wildman–Crippen LogP) is 4.07. The SMILES string of the molecule is CCCCC(=O)O.O=C1c2ccccc2COc2ccccc21. The normalized spacial score (nSPS) is 12.0. The molecule has 4 nitrogen and oxygen atoms in total. The molecule has 1 N–H and O–H groups in total. The Morgan fingerprint density at radius 3 is 2.39 bits per heavy atom. The van der Waals surface area contributed by atoms with Crippen molar-refractivity contribution in [2.45, 2.75) is 32.8 Å². The van der Waals surface area contributed by atoms with Crippen LogP contribution >= 0.6 is 0 Å². The summed E-state index contributed by atoms with van der Waals surface area (Å²) in [5.74, 6) is 0.0225. The number of hydrogen-bond donors (Lipinski definition) is 1. The van der Waals surface area contributed by atoms with E-state index in [9.17, 15) is 9.59 Å². The van der Waals surface area contributed by atoms with Crippen LogP contribution in [0.3, 0.4) is 0 Å². The fraction of sp³-hybridized carbons (Fsp3) is 0.263. The van der Waals surface area contributed by atoms with Crippen molar-refractivity contribution in [1.82, 2.24) is 0 Å². The number of hydrogen-bond acceptors (Lipinski definition) is 3. The molecule has 23 heavy (non-hydrogen) atoms. The molecular formula is C19H20O4. The number of rotatable bonds is 3. The van der Waals surface area contributed by atoms with Crippen molar-refractivity contribution in [3.05, 3.63) is 65.2 Å². The van der Waals surface area contributed by atoms with Crippen LogP contribution in [0.25, 0.3) is 0 Å². The summed E-state index contributed by atoms with van der Waals surface area (Å²) in [5.41, 5.74) is 2.34. The van der Waals surface area contributed by atoms with Crippen LogP contribution in [0, 0.1) is 0 Å². The van der Waals surface area contributed by atoms with E-state index in [2.05, 4.69) is 0 Å². The van der Waals surface area contributed by atoms with Crippen molar-refractivity contribution in [2.75, 3.05) is 0 Å². The highest BCUT2D eigenvalue weighted by Crippen LogP contribution is 2.27. The van der Waals surface area contributed by atoms with Gasteiger partial charge in [0.1, 0.15) is 12.4 Å². The molecule has 0 saturated heterocycles. The van der Waals surface area contributed by atoms with E-state index in [-0.39, 0.29) is 5.78 Å². The summed E-state index contributed by atoms with van der Waals surface area (Å²) in [4.78, 5) is 22.0. The summed E-state index contributed by atoms with van der Waals surface area (Å²) in [6.45, 7) is 2.43. The van der Waals surface area contributed by atoms with Gasteiger partial charge < -0.3 is 9.84 Å². The third kappa shape index (κ3) is 4.42. The van der Waals surface area contributed by atoms with Gasteiger partial charge in [-0.25, -0.2) is 0 Å². The monoisotopic (exact) mass is 312 g/mol. The number of carboxylic acid groups (broad SMARTS) is 1. The number of para-hydroxylation sites is 1. The van der Waals surface area contributed by atoms with E-state index in [4.69, 9.17) is 9.84 Å². The zero-order valence-electron chi connectivity index (χ0n) is 13.1. The minimum atomic E-state index is -0.693. The second-order valence-electron chi connectivity index (χ2n) is 5.27. The second kappa shape index (κ2) is 8.13. The Labute approximate surface area is 135 Å². The molecular weight excluding hydrogens is 292 g/mol. The van der Waals surface area contributed by atoms with Crippen LogP contribution in [-0.4, -0.2) is 16.9 Å². The molecule has 0 bridgehead atoms. The number of fused-ring (bicyclic) bond motifs is 2. The maximum absolute atomic E-state index is 12.2. The number of carboxylic acids is 1. The number of unbranched alkanes of at least 4 members (excludes halogenated alkanes) is 1. The van der Waals surface area contributed by atoms with E-state index in [1.807, 2.05) is 49.4 Å². The first-order chi connectivity index (χ1) is 11.1. The zero-order chi connectivity index (χ0) is 16.7. The van der Waals surface area contributed by atoms with Gasteiger partial charge in [-0.15, -0.1) is 0 Å². The Bertz CT molecular complexity index is 642. The van der Waals surface area contributed by atoms with E-state index in [0.29, 0.717) is 24.3 Å². The van der Waals surface area contributed by atoms with Crippen molar-refractivity contribution >= 4 is 11.8 Å². The molecule has 0 fully saturated rings. The fourth-order valence-corrected chi connectivity index (χ4v) is 2.28. The van der Waals surface area contributed by atoms with Crippen molar-refractivity contribution in [3.8, 4) is 5.75 Å². The highest BCUT2D eigenvalue weighted by atomic mass is 16.5. The molecule has 0 aliphatic carbocycles. The van der Waals surface area contributed by atoms with Crippen LogP contribution in [0.2, 0.25) is 0 Å². The van der Waals surface area contributed by atoms with Crippen LogP contribution in [0.5, 0.6) is 5.75 Å². The van der Waals surface area contributed by atoms with Gasteiger partial charge in [0.15, 0.2) is 5.78 Å². The third-order valence-corrected chi connectivity index (χ3v) is 3.52. The number of carbonyl (C=O) groups is 2. The number of benzene rings is 2. The number of ether oxygens (including phenoxy) is 1. The molecule has 1 heterocycles. The van der Waals surface area contributed by atoms with Gasteiger partial charge in [-0.1, -0.05) is 49.7 Å². The van der Waals surface area contributed by atoms with E-state index < -0.39 is 5.97 Å². The Morgan fingerprint density at radius 1 is 1.09 bits per heavy atom. The maximum atomic E-state index is 12.2. The van der Waals surface area contributed by atoms with E-state index in [1.165, 1.54) is 0 Å². The summed E-state index contributed by atoms with van der Waals surface area (Å²) in [7, 11) is 0. The smallest absolute Gasteiger partial charge is 0.303 e. The largest absolute Gasteiger partial charge is 0.488 e. The minimum Gasteiger partial charge on any atom is -0.488 e. The standard InChI is InChI=1S/C14H10O2.C5H10O2/c15-14-11-6-2-1-5-10(11)9-16-13-8-4-3-7-12(13)14;1-2-3-4-5(6)7/h1-8H,9H2;2-4H2,1H3,(H,6,7). The summed E-state index contributed by atoms with van der Waals surface area (Å²) in [5, 5.41) is 8.04. The zero-order valence-corrected chi connectivity index (χ0v) is 13.1. The second-order valence-corrected chi connectivity index (χ2v) is 5.27. The van der Waals surface area contributed by atoms with Gasteiger partial charge in [0.05, 0.1) is 5.56 Å². The van der Waals surface area contributed by atoms with Crippen LogP contribution in [0.15, 0.2) is 48.5 Å². The highest BCUT2D eigenvalue weighted by molar-refractivity contribution is 6.11. The third-order valence-electron chi connectivity index (χ3n) is 3.52. The lowest BCUT2D eigenvalue weighted by Gasteiger charge is -2.04. The quantitative estimate of drug-likeness (QED) is 0.928. The van der Waals surface area contributed by atoms with Gasteiger partial charge in [0.2, 0.25) is 0 Å². The van der Waals surface area contributed by atoms with Crippen LogP contribution in [0.4, 0.5) is 0 Å². The average Bonchev–Trinajstić information content (AvgIpc) is 2.72. The van der Waals surface area contributed by atoms with Crippen molar-refractivity contribution in [3.63, 3.8) is 0 Å². The first kappa shape index (κ1) is 16.7. The lowest BCUT2D eigenvalue weighted by atomic mass is 9.99. The topological polar surface area (TPSA) is 63.6 Å². The lowest BCUT2D eigenvalue weighted by molar-refractivity contribution is -0.137. The van der Waals surface area contributed by atoms with Crippen molar-refractivity contribution < 1.29 is 19.4 Å². The van der Waals surface area contributed by atoms with Crippen molar-refractivity contribution in [2.24, 2.45) is 0 Å². The minimum absolute atomic E-state index is 0.0451. The van der Waals surface area contributed by atoms with Gasteiger partial charge in [-0.05, 0) is 18.6 Å². The molecule has 0 radical (unpaired) electrons. The maximum Gasteiger partial charge on any atom is 0.303 e. The molecule has 1 aliphatic heterocycles. The molecule has 0 spiro atoms. The van der Waals surface area contributed by atoms with Crippen LogP contribution in [-0.2, 0) is 11.4 Å². The predicted molar refractivity (Wildman–Crippen MR) is 87.8 cm³/mol. The molecule has 3 rings (SSSR count). The molecule has 120 valence electrons. The molecule has 0 aromatic heterocycles. The molecule has 0 atom stereocenters. The van der Waals surface area contributed by atoms with Crippen LogP contribution < -0.4 is 4.74 Å². The molecule has 1 aliphatic rings. The highest BCUT2D eigenvalue weighted by Gasteiger charge is 2.20. The molecule has 0 amide bonds. The van der Waals surface area contributed by atoms with Gasteiger partial charge in [0.25, 0.3) is 0 Å². The average molecular weight is 312 g/mol. The van der Waals surface area contributed by atoms with Gasteiger partial charge in [0, 0.05) is 17.5 Å². The Kier molecular flexibility index (Phi) is 5.92. The van der Waals surface area contributed by atoms with Crippen LogP contribution in [0.1, 0.15) is 47.7 Å². The Hall–Kier alpha value is -2.62. The van der Waals surface area contributed by atoms with E-state index in [1.54, 1.807) is 6.07 Å². The molecule has 4 heteroatoms. The number of aliphatic carboxylic acids is 1. The lowest BCUT2D eigenvalue weighted by Crippen LogP contribution is -2.01. The first-order valence-corrected chi connectivity index (χ1v) is 7.69. The summed E-state index contributed by atoms with van der Waals surface area (Å²) >= 11 is 0. The molecule has 0 saturated carbocycles. The molecule has 2 aromatic rings. The Morgan fingerprint density at radius 2 is 1.74 bits per heavy atom. The molecule has 2 aromatic carbocycles.